The van der Waals surface area contributed by atoms with Gasteiger partial charge < -0.3 is 14.0 Å². The number of likely N-dealkylation sites (N-methyl/N-ethyl adjacent to an activating group) is 1. The minimum absolute atomic E-state index is 0.0293. The summed E-state index contributed by atoms with van der Waals surface area (Å²) < 4.78 is 37.6. The van der Waals surface area contributed by atoms with Gasteiger partial charge in [0.1, 0.15) is 26.4 Å². The predicted molar refractivity (Wildman–Crippen MR) is 190 cm³/mol. The van der Waals surface area contributed by atoms with Gasteiger partial charge in [-0.05, 0) is 12.8 Å². The summed E-state index contributed by atoms with van der Waals surface area (Å²) in [5, 5.41) is 9.07. The van der Waals surface area contributed by atoms with Crippen LogP contribution in [0.1, 0.15) is 168 Å². The van der Waals surface area contributed by atoms with Gasteiger partial charge in [0.15, 0.2) is 6.10 Å². The maximum atomic E-state index is 12.5. The summed E-state index contributed by atoms with van der Waals surface area (Å²) in [4.78, 5) is 29.9. The maximum absolute atomic E-state index is 12.5. The van der Waals surface area contributed by atoms with E-state index in [-0.39, 0.29) is 32.0 Å². The third kappa shape index (κ3) is 32.2. The highest BCUT2D eigenvalue weighted by Crippen LogP contribution is 2.48. The predicted octanol–water partition coefficient (Wildman–Crippen LogP) is 10.1. The molecular formula is C36H73NO10P+. The first-order valence-electron chi connectivity index (χ1n) is 19.1. The van der Waals surface area contributed by atoms with Crippen LogP contribution in [0.25, 0.3) is 0 Å². The highest BCUT2D eigenvalue weighted by molar-refractivity contribution is 7.48. The number of quaternary nitrogens is 1. The summed E-state index contributed by atoms with van der Waals surface area (Å²) in [6.07, 6.45) is 25.7. The van der Waals surface area contributed by atoms with E-state index in [4.69, 9.17) is 28.8 Å². The van der Waals surface area contributed by atoms with Crippen molar-refractivity contribution in [1.82, 2.24) is 0 Å². The van der Waals surface area contributed by atoms with E-state index in [1.54, 1.807) is 0 Å². The zero-order valence-corrected chi connectivity index (χ0v) is 32.3. The third-order valence-corrected chi connectivity index (χ3v) is 9.19. The van der Waals surface area contributed by atoms with Crippen molar-refractivity contribution in [3.63, 3.8) is 0 Å². The lowest BCUT2D eigenvalue weighted by atomic mass is 10.0. The smallest absolute Gasteiger partial charge is 0.462 e. The summed E-state index contributed by atoms with van der Waals surface area (Å²) in [5.41, 5.74) is 0. The number of hydrogen-bond acceptors (Lipinski definition) is 10. The molecule has 0 aromatic carbocycles. The molecule has 0 aliphatic carbocycles. The van der Waals surface area contributed by atoms with Crippen molar-refractivity contribution in [2.45, 2.75) is 174 Å². The fraction of sp³-hybridized carbons (Fsp3) is 0.944. The Hall–Kier alpha value is -1.07. The average Bonchev–Trinajstić information content (AvgIpc) is 3.04. The first-order chi connectivity index (χ1) is 23.0. The molecule has 12 heteroatoms. The normalized spacial score (nSPS) is 13.7. The summed E-state index contributed by atoms with van der Waals surface area (Å²) >= 11 is 0. The number of phosphoric acid groups is 1. The van der Waals surface area contributed by atoms with Crippen LogP contribution in [0.4, 0.5) is 0 Å². The second-order valence-electron chi connectivity index (χ2n) is 14.1. The molecule has 48 heavy (non-hydrogen) atoms. The van der Waals surface area contributed by atoms with Crippen LogP contribution in [0, 0.1) is 0 Å². The van der Waals surface area contributed by atoms with Crippen LogP contribution in [0.2, 0.25) is 0 Å². The number of esters is 2. The van der Waals surface area contributed by atoms with Gasteiger partial charge in [0, 0.05) is 12.8 Å². The van der Waals surface area contributed by atoms with Gasteiger partial charge in [-0.3, -0.25) is 14.1 Å². The first kappa shape index (κ1) is 46.9. The molecule has 0 bridgehead atoms. The van der Waals surface area contributed by atoms with Crippen molar-refractivity contribution >= 4 is 19.8 Å². The zero-order chi connectivity index (χ0) is 35.8. The molecule has 0 aliphatic rings. The largest absolute Gasteiger partial charge is 0.529 e. The van der Waals surface area contributed by atoms with Gasteiger partial charge in [-0.15, -0.1) is 9.35 Å². The fourth-order valence-corrected chi connectivity index (χ4v) is 5.75. The van der Waals surface area contributed by atoms with Gasteiger partial charge in [0.25, 0.3) is 0 Å². The average molecular weight is 711 g/mol. The lowest BCUT2D eigenvalue weighted by molar-refractivity contribution is -0.870. The molecule has 0 rings (SSSR count). The second-order valence-corrected chi connectivity index (χ2v) is 15.6. The Bertz CT molecular complexity index is 808. The Morgan fingerprint density at radius 3 is 1.46 bits per heavy atom. The Morgan fingerprint density at radius 1 is 0.625 bits per heavy atom. The molecule has 0 radical (unpaired) electrons. The van der Waals surface area contributed by atoms with E-state index >= 15 is 0 Å². The third-order valence-electron chi connectivity index (χ3n) is 8.21. The van der Waals surface area contributed by atoms with Crippen LogP contribution >= 0.6 is 7.82 Å². The molecule has 11 nitrogen and oxygen atoms in total. The van der Waals surface area contributed by atoms with E-state index < -0.39 is 26.5 Å². The summed E-state index contributed by atoms with van der Waals surface area (Å²) in [6, 6.07) is 0. The number of carbonyl (C=O) groups excluding carboxylic acids is 2. The molecule has 0 saturated heterocycles. The monoisotopic (exact) mass is 710 g/mol. The number of carbonyl (C=O) groups is 2. The van der Waals surface area contributed by atoms with E-state index in [2.05, 4.69) is 18.5 Å². The van der Waals surface area contributed by atoms with Crippen molar-refractivity contribution in [2.75, 3.05) is 47.5 Å². The Labute approximate surface area is 293 Å². The SMILES string of the molecule is CCCCCCCCCCCCCCCCCC(=O)OC[C@@H](COO[P@@](=O)(OO)OCC[N+](C)(C)C)OC(=O)CCCCCCCCC. The van der Waals surface area contributed by atoms with Crippen molar-refractivity contribution in [2.24, 2.45) is 0 Å². The molecule has 0 saturated carbocycles. The minimum atomic E-state index is -4.41. The lowest BCUT2D eigenvalue weighted by Gasteiger charge is -2.24. The van der Waals surface area contributed by atoms with Crippen LogP contribution in [0.15, 0.2) is 0 Å². The van der Waals surface area contributed by atoms with Gasteiger partial charge in [-0.2, -0.15) is 0 Å². The maximum Gasteiger partial charge on any atom is 0.529 e. The fourth-order valence-electron chi connectivity index (χ4n) is 5.14. The van der Waals surface area contributed by atoms with Crippen molar-refractivity contribution in [3.8, 4) is 0 Å². The molecule has 0 aromatic rings. The van der Waals surface area contributed by atoms with E-state index in [1.165, 1.54) is 96.3 Å². The molecule has 0 heterocycles. The van der Waals surface area contributed by atoms with Crippen molar-refractivity contribution in [3.05, 3.63) is 0 Å². The Morgan fingerprint density at radius 2 is 1.04 bits per heavy atom. The molecule has 0 spiro atoms. The van der Waals surface area contributed by atoms with Crippen molar-refractivity contribution < 1.29 is 52.1 Å². The first-order valence-corrected chi connectivity index (χ1v) is 20.6. The highest BCUT2D eigenvalue weighted by Gasteiger charge is 2.31. The van der Waals surface area contributed by atoms with Gasteiger partial charge in [0.05, 0.1) is 21.1 Å². The number of hydrogen-bond donors (Lipinski definition) is 1. The topological polar surface area (TPSA) is 127 Å². The number of nitrogens with zero attached hydrogens (tertiary/aromatic N) is 1. The lowest BCUT2D eigenvalue weighted by Crippen LogP contribution is -2.37. The van der Waals surface area contributed by atoms with Gasteiger partial charge in [0.2, 0.25) is 0 Å². The zero-order valence-electron chi connectivity index (χ0n) is 31.4. The molecule has 0 aliphatic heterocycles. The number of unbranched alkanes of at least 4 members (excludes halogenated alkanes) is 20. The molecular weight excluding hydrogens is 637 g/mol. The molecule has 0 unspecified atom stereocenters. The van der Waals surface area contributed by atoms with Gasteiger partial charge in [-0.25, -0.2) is 14.7 Å². The molecule has 2 atom stereocenters. The van der Waals surface area contributed by atoms with E-state index in [0.717, 1.165) is 38.5 Å². The van der Waals surface area contributed by atoms with E-state index in [1.807, 2.05) is 21.1 Å². The molecule has 0 amide bonds. The van der Waals surface area contributed by atoms with E-state index in [9.17, 15) is 14.2 Å². The molecule has 0 fully saturated rings. The summed E-state index contributed by atoms with van der Waals surface area (Å²) in [6.45, 7) is 4.22. The highest BCUT2D eigenvalue weighted by atomic mass is 31.2. The second kappa shape index (κ2) is 31.9. The van der Waals surface area contributed by atoms with Gasteiger partial charge in [-0.1, -0.05) is 142 Å². The quantitative estimate of drug-likeness (QED) is 0.0168. The van der Waals surface area contributed by atoms with Crippen LogP contribution in [-0.4, -0.2) is 75.3 Å². The summed E-state index contributed by atoms with van der Waals surface area (Å²) in [7, 11) is 1.33. The Balaban J connectivity index is 4.41. The number of ether oxygens (including phenoxy) is 2. The Kier molecular flexibility index (Phi) is 31.2. The number of rotatable bonds is 36. The molecule has 286 valence electrons. The van der Waals surface area contributed by atoms with Crippen LogP contribution in [-0.2, 0) is 42.4 Å². The molecule has 1 N–H and O–H groups in total. The summed E-state index contributed by atoms with van der Waals surface area (Å²) in [5.74, 6) is -0.830. The molecule has 0 aromatic heterocycles. The minimum Gasteiger partial charge on any atom is -0.462 e. The van der Waals surface area contributed by atoms with Crippen LogP contribution in [0.5, 0.6) is 0 Å². The van der Waals surface area contributed by atoms with E-state index in [0.29, 0.717) is 17.4 Å². The standard InChI is InChI=1S/C36H72NO10P/c1-6-8-10-12-14-15-16-17-18-19-20-21-23-24-26-28-35(38)42-32-34(45-36(39)29-27-25-22-13-11-9-7-2)33-43-47-48(41,46-40)44-31-30-37(3,4)5/h34H,6-33H2,1-5H3/p+1/t34-,48+/m0/s1. The van der Waals surface area contributed by atoms with Gasteiger partial charge >= 0.3 is 19.8 Å². The van der Waals surface area contributed by atoms with Crippen molar-refractivity contribution in [1.29, 1.82) is 0 Å². The van der Waals surface area contributed by atoms with Crippen LogP contribution < -0.4 is 0 Å². The van der Waals surface area contributed by atoms with Crippen LogP contribution in [0.3, 0.4) is 0 Å².